The Balaban J connectivity index is 2.52. The summed E-state index contributed by atoms with van der Waals surface area (Å²) < 4.78 is 4.95. The number of nitro benzene ring substituents is 1. The van der Waals surface area contributed by atoms with Crippen LogP contribution < -0.4 is 5.32 Å². The number of aryl methyl sites for hydroxylation is 1. The predicted octanol–water partition coefficient (Wildman–Crippen LogP) is 2.42. The summed E-state index contributed by atoms with van der Waals surface area (Å²) in [5.41, 5.74) is 1.72. The maximum atomic E-state index is 11.9. The van der Waals surface area contributed by atoms with Crippen LogP contribution in [0, 0.1) is 17.0 Å². The summed E-state index contributed by atoms with van der Waals surface area (Å²) in [6, 6.07) is 6.02. The fraction of sp³-hybridized carbons (Fsp3) is 0.286. The number of nitrogens with one attached hydrogen (secondary N) is 1. The Labute approximate surface area is 121 Å². The molecule has 0 aliphatic heterocycles. The summed E-state index contributed by atoms with van der Waals surface area (Å²) in [5, 5.41) is 14.1. The lowest BCUT2D eigenvalue weighted by atomic mass is 10.1. The third-order valence-corrected chi connectivity index (χ3v) is 3.11. The van der Waals surface area contributed by atoms with Crippen molar-refractivity contribution in [1.82, 2.24) is 4.98 Å². The molecule has 21 heavy (non-hydrogen) atoms. The molecule has 2 aromatic rings. The van der Waals surface area contributed by atoms with Gasteiger partial charge in [-0.2, -0.15) is 0 Å². The summed E-state index contributed by atoms with van der Waals surface area (Å²) in [7, 11) is 1.44. The van der Waals surface area contributed by atoms with Crippen molar-refractivity contribution < 1.29 is 14.5 Å². The number of carbonyl (C=O) groups is 1. The van der Waals surface area contributed by atoms with E-state index in [0.717, 1.165) is 0 Å². The second-order valence-electron chi connectivity index (χ2n) is 4.64. The van der Waals surface area contributed by atoms with Crippen molar-refractivity contribution in [3.8, 4) is 0 Å². The van der Waals surface area contributed by atoms with Crippen LogP contribution >= 0.6 is 0 Å². The van der Waals surface area contributed by atoms with Gasteiger partial charge in [0, 0.05) is 30.3 Å². The molecule has 0 fully saturated rings. The van der Waals surface area contributed by atoms with Gasteiger partial charge in [-0.25, -0.2) is 0 Å². The third-order valence-electron chi connectivity index (χ3n) is 3.11. The number of pyridine rings is 1. The molecule has 7 nitrogen and oxygen atoms in total. The minimum atomic E-state index is -0.618. The van der Waals surface area contributed by atoms with Gasteiger partial charge in [0.25, 0.3) is 11.6 Å². The number of benzene rings is 1. The van der Waals surface area contributed by atoms with Gasteiger partial charge in [0.2, 0.25) is 0 Å². The number of ether oxygens (including phenoxy) is 1. The SMILES string of the molecule is COC(C)C(=O)Nc1cc(C)nc2ccc([N+](=O)[O-])cc12. The number of anilines is 1. The standard InChI is InChI=1S/C14H15N3O4/c1-8-6-13(16-14(18)9(2)21-3)11-7-10(17(19)20)4-5-12(11)15-8/h4-7,9H,1-3H3,(H,15,16,18). The average molecular weight is 289 g/mol. The zero-order valence-corrected chi connectivity index (χ0v) is 11.9. The van der Waals surface area contributed by atoms with E-state index in [9.17, 15) is 14.9 Å². The van der Waals surface area contributed by atoms with E-state index in [0.29, 0.717) is 22.3 Å². The molecule has 2 rings (SSSR count). The molecule has 1 unspecified atom stereocenters. The van der Waals surface area contributed by atoms with Gasteiger partial charge in [0.05, 0.1) is 16.1 Å². The second kappa shape index (κ2) is 5.84. The number of aromatic nitrogens is 1. The number of fused-ring (bicyclic) bond motifs is 1. The third kappa shape index (κ3) is 3.14. The maximum Gasteiger partial charge on any atom is 0.270 e. The highest BCUT2D eigenvalue weighted by molar-refractivity contribution is 6.03. The fourth-order valence-electron chi connectivity index (χ4n) is 1.90. The van der Waals surface area contributed by atoms with Gasteiger partial charge in [-0.15, -0.1) is 0 Å². The number of carbonyl (C=O) groups excluding carboxylic acids is 1. The van der Waals surface area contributed by atoms with Crippen molar-refractivity contribution in [2.75, 3.05) is 12.4 Å². The Kier molecular flexibility index (Phi) is 4.13. The molecule has 1 amide bonds. The van der Waals surface area contributed by atoms with Gasteiger partial charge >= 0.3 is 0 Å². The number of hydrogen-bond acceptors (Lipinski definition) is 5. The number of rotatable bonds is 4. The van der Waals surface area contributed by atoms with Crippen LogP contribution in [0.1, 0.15) is 12.6 Å². The monoisotopic (exact) mass is 289 g/mol. The van der Waals surface area contributed by atoms with E-state index in [-0.39, 0.29) is 11.6 Å². The van der Waals surface area contributed by atoms with Crippen molar-refractivity contribution in [3.63, 3.8) is 0 Å². The largest absolute Gasteiger partial charge is 0.372 e. The number of non-ortho nitro benzene ring substituents is 1. The van der Waals surface area contributed by atoms with Crippen LogP contribution in [-0.2, 0) is 9.53 Å². The van der Waals surface area contributed by atoms with Crippen molar-refractivity contribution in [3.05, 3.63) is 40.1 Å². The van der Waals surface area contributed by atoms with Crippen molar-refractivity contribution in [2.24, 2.45) is 0 Å². The zero-order chi connectivity index (χ0) is 15.6. The van der Waals surface area contributed by atoms with E-state index in [2.05, 4.69) is 10.3 Å². The van der Waals surface area contributed by atoms with E-state index in [1.54, 1.807) is 26.0 Å². The van der Waals surface area contributed by atoms with Crippen LogP contribution in [0.5, 0.6) is 0 Å². The molecule has 0 radical (unpaired) electrons. The van der Waals surface area contributed by atoms with E-state index in [1.165, 1.54) is 19.2 Å². The van der Waals surface area contributed by atoms with Gasteiger partial charge in [0.1, 0.15) is 6.10 Å². The molecular weight excluding hydrogens is 274 g/mol. The Morgan fingerprint density at radius 2 is 2.14 bits per heavy atom. The molecule has 0 saturated heterocycles. The Bertz CT molecular complexity index is 715. The van der Waals surface area contributed by atoms with Crippen LogP contribution in [-0.4, -0.2) is 29.0 Å². The Hall–Kier alpha value is -2.54. The Morgan fingerprint density at radius 1 is 1.43 bits per heavy atom. The van der Waals surface area contributed by atoms with Gasteiger partial charge in [-0.1, -0.05) is 0 Å². The van der Waals surface area contributed by atoms with Crippen LogP contribution in [0.4, 0.5) is 11.4 Å². The summed E-state index contributed by atoms with van der Waals surface area (Å²) in [4.78, 5) is 26.6. The quantitative estimate of drug-likeness (QED) is 0.689. The van der Waals surface area contributed by atoms with Gasteiger partial charge in [0.15, 0.2) is 0 Å². The first-order valence-electron chi connectivity index (χ1n) is 6.32. The van der Waals surface area contributed by atoms with E-state index in [1.807, 2.05) is 0 Å². The fourth-order valence-corrected chi connectivity index (χ4v) is 1.90. The van der Waals surface area contributed by atoms with Crippen LogP contribution in [0.25, 0.3) is 10.9 Å². The number of hydrogen-bond donors (Lipinski definition) is 1. The second-order valence-corrected chi connectivity index (χ2v) is 4.64. The molecule has 7 heteroatoms. The van der Waals surface area contributed by atoms with Crippen molar-refractivity contribution in [1.29, 1.82) is 0 Å². The number of nitrogens with zero attached hydrogens (tertiary/aromatic N) is 2. The molecule has 0 bridgehead atoms. The molecule has 0 saturated carbocycles. The summed E-state index contributed by atoms with van der Waals surface area (Å²) in [5.74, 6) is -0.323. The predicted molar refractivity (Wildman–Crippen MR) is 78.2 cm³/mol. The summed E-state index contributed by atoms with van der Waals surface area (Å²) in [6.45, 7) is 3.41. The van der Waals surface area contributed by atoms with E-state index < -0.39 is 11.0 Å². The first-order chi connectivity index (χ1) is 9.92. The van der Waals surface area contributed by atoms with E-state index >= 15 is 0 Å². The minimum Gasteiger partial charge on any atom is -0.372 e. The topological polar surface area (TPSA) is 94.4 Å². The first kappa shape index (κ1) is 14.9. The highest BCUT2D eigenvalue weighted by Gasteiger charge is 2.15. The smallest absolute Gasteiger partial charge is 0.270 e. The molecule has 110 valence electrons. The molecule has 1 N–H and O–H groups in total. The number of amides is 1. The molecular formula is C14H15N3O4. The minimum absolute atomic E-state index is 0.0524. The van der Waals surface area contributed by atoms with Gasteiger partial charge < -0.3 is 10.1 Å². The normalized spacial score (nSPS) is 12.1. The van der Waals surface area contributed by atoms with Crippen molar-refractivity contribution in [2.45, 2.75) is 20.0 Å². The molecule has 1 aromatic heterocycles. The van der Waals surface area contributed by atoms with Crippen molar-refractivity contribution >= 4 is 28.2 Å². The van der Waals surface area contributed by atoms with Crippen LogP contribution in [0.3, 0.4) is 0 Å². The lowest BCUT2D eigenvalue weighted by Crippen LogP contribution is -2.26. The number of methoxy groups -OCH3 is 1. The molecule has 1 atom stereocenters. The molecule has 0 aliphatic carbocycles. The average Bonchev–Trinajstić information content (AvgIpc) is 2.45. The van der Waals surface area contributed by atoms with Crippen LogP contribution in [0.2, 0.25) is 0 Å². The lowest BCUT2D eigenvalue weighted by Gasteiger charge is -2.13. The first-order valence-corrected chi connectivity index (χ1v) is 6.32. The summed E-state index contributed by atoms with van der Waals surface area (Å²) in [6.07, 6.45) is -0.618. The molecule has 0 aliphatic rings. The molecule has 1 aromatic carbocycles. The lowest BCUT2D eigenvalue weighted by molar-refractivity contribution is -0.384. The van der Waals surface area contributed by atoms with Gasteiger partial charge in [-0.05, 0) is 26.0 Å². The van der Waals surface area contributed by atoms with Gasteiger partial charge in [-0.3, -0.25) is 19.9 Å². The maximum absolute atomic E-state index is 11.9. The molecule has 1 heterocycles. The van der Waals surface area contributed by atoms with E-state index in [4.69, 9.17) is 4.74 Å². The highest BCUT2D eigenvalue weighted by atomic mass is 16.6. The van der Waals surface area contributed by atoms with Crippen LogP contribution in [0.15, 0.2) is 24.3 Å². The number of nitro groups is 1. The highest BCUT2D eigenvalue weighted by Crippen LogP contribution is 2.27. The zero-order valence-electron chi connectivity index (χ0n) is 11.9. The molecule has 0 spiro atoms. The Morgan fingerprint density at radius 3 is 2.76 bits per heavy atom. The summed E-state index contributed by atoms with van der Waals surface area (Å²) >= 11 is 0.